The van der Waals surface area contributed by atoms with Gasteiger partial charge < -0.3 is 0 Å². The molecule has 0 unspecified atom stereocenters. The van der Waals surface area contributed by atoms with Gasteiger partial charge in [-0.3, -0.25) is 6.08 Å². The molecule has 4 aromatic carbocycles. The van der Waals surface area contributed by atoms with Gasteiger partial charge in [0.15, 0.2) is 0 Å². The average molecular weight is 809 g/mol. The molecule has 0 amide bonds. The Bertz CT molecular complexity index is 1670. The van der Waals surface area contributed by atoms with E-state index in [0.29, 0.717) is 14.3 Å². The standard InChI is InChI=1S/C21H25.C15H8F6.C5H5.2ClH.Zr/c1-20(2,3)16-9-7-14-11-15-8-10-17(21(4,5)6)13-19(15)18(14)12-16;16-14(17,18)12-5-1-10(2-6-12)9-11-3-7-13(8-4-11)15(19,20)21;1-2-4-5-3-1;;;/h7,9-10,12-13H,11H2,1-6H3;1-8H;1-3H,4H2;2*1H;/q-1;;-1;;;+2. The second-order valence-corrected chi connectivity index (χ2v) is 15.1. The van der Waals surface area contributed by atoms with Gasteiger partial charge in [0.2, 0.25) is 0 Å². The molecule has 0 radical (unpaired) electrons. The van der Waals surface area contributed by atoms with Gasteiger partial charge in [-0.15, -0.1) is 36.8 Å². The van der Waals surface area contributed by atoms with Gasteiger partial charge in [0.05, 0.1) is 0 Å². The van der Waals surface area contributed by atoms with E-state index in [9.17, 15) is 26.3 Å². The van der Waals surface area contributed by atoms with E-state index in [2.05, 4.69) is 90.1 Å². The Morgan fingerprint density at radius 3 is 1.46 bits per heavy atom. The molecule has 0 atom stereocenters. The van der Waals surface area contributed by atoms with Gasteiger partial charge in [0.25, 0.3) is 0 Å². The maximum absolute atomic E-state index is 12.5. The average Bonchev–Trinajstić information content (AvgIpc) is 3.71. The quantitative estimate of drug-likeness (QED) is 0.123. The molecule has 9 heteroatoms. The molecule has 2 aliphatic rings. The third-order valence-electron chi connectivity index (χ3n) is 8.11. The van der Waals surface area contributed by atoms with Crippen LogP contribution >= 0.6 is 24.8 Å². The molecule has 0 bridgehead atoms. The van der Waals surface area contributed by atoms with E-state index < -0.39 is 23.5 Å². The molecule has 0 fully saturated rings. The van der Waals surface area contributed by atoms with Crippen LogP contribution in [0.3, 0.4) is 0 Å². The van der Waals surface area contributed by atoms with E-state index in [1.807, 2.05) is 12.2 Å². The first-order valence-corrected chi connectivity index (χ1v) is 16.8. The Morgan fingerprint density at radius 1 is 0.620 bits per heavy atom. The summed E-state index contributed by atoms with van der Waals surface area (Å²) in [5.41, 5.74) is 8.37. The number of benzene rings is 4. The summed E-state index contributed by atoms with van der Waals surface area (Å²) in [6, 6.07) is 24.2. The van der Waals surface area contributed by atoms with Crippen molar-refractivity contribution < 1.29 is 50.6 Å². The maximum atomic E-state index is 12.5. The summed E-state index contributed by atoms with van der Waals surface area (Å²) in [7, 11) is 0. The van der Waals surface area contributed by atoms with Gasteiger partial charge >= 0.3 is 137 Å². The summed E-state index contributed by atoms with van der Waals surface area (Å²) in [5.74, 6) is 0. The van der Waals surface area contributed by atoms with Crippen LogP contribution in [0.15, 0.2) is 97.1 Å². The molecular formula is C41H40Cl2F6Zr. The fraction of sp³-hybridized carbons (Fsp3) is 0.293. The normalized spacial score (nSPS) is 13.1. The molecule has 6 rings (SSSR count). The first-order chi connectivity index (χ1) is 22.2. The van der Waals surface area contributed by atoms with Crippen LogP contribution in [0.4, 0.5) is 26.3 Å². The zero-order valence-corrected chi connectivity index (χ0v) is 32.8. The van der Waals surface area contributed by atoms with E-state index >= 15 is 0 Å². The Morgan fingerprint density at radius 2 is 1.08 bits per heavy atom. The first kappa shape index (κ1) is 43.4. The number of hydrogen-bond acceptors (Lipinski definition) is 0. The summed E-state index contributed by atoms with van der Waals surface area (Å²) >= 11 is 0.898. The maximum Gasteiger partial charge on any atom is -0.109 e. The molecule has 0 aromatic heterocycles. The van der Waals surface area contributed by atoms with Gasteiger partial charge in [-0.1, -0.05) is 76.3 Å². The van der Waals surface area contributed by atoms with E-state index in [4.69, 9.17) is 0 Å². The molecule has 0 spiro atoms. The third kappa shape index (κ3) is 11.4. The molecule has 4 aromatic rings. The second kappa shape index (κ2) is 17.2. The molecule has 0 saturated carbocycles. The Hall–Kier alpha value is -2.73. The smallest absolute Gasteiger partial charge is 0.109 e. The van der Waals surface area contributed by atoms with Gasteiger partial charge in [-0.2, -0.15) is 35.4 Å². The Kier molecular flexibility index (Phi) is 14.9. The van der Waals surface area contributed by atoms with E-state index in [1.54, 1.807) is 0 Å². The zero-order chi connectivity index (χ0) is 35.5. The van der Waals surface area contributed by atoms with Crippen LogP contribution in [0.25, 0.3) is 11.1 Å². The molecule has 0 heterocycles. The van der Waals surface area contributed by atoms with Crippen molar-refractivity contribution >= 4 is 28.0 Å². The first-order valence-electron chi connectivity index (χ1n) is 15.6. The molecule has 0 saturated heterocycles. The minimum absolute atomic E-state index is 0. The second-order valence-electron chi connectivity index (χ2n) is 13.9. The van der Waals surface area contributed by atoms with Crippen LogP contribution in [-0.4, -0.2) is 3.21 Å². The van der Waals surface area contributed by atoms with Gasteiger partial charge in [-0.25, -0.2) is 12.2 Å². The van der Waals surface area contributed by atoms with E-state index in [0.717, 1.165) is 61.3 Å². The van der Waals surface area contributed by atoms with Crippen LogP contribution in [0.5, 0.6) is 0 Å². The number of alkyl halides is 6. The fourth-order valence-electron chi connectivity index (χ4n) is 5.14. The van der Waals surface area contributed by atoms with Crippen molar-refractivity contribution in [2.24, 2.45) is 0 Å². The minimum Gasteiger partial charge on any atom is -0.273 e. The van der Waals surface area contributed by atoms with Gasteiger partial charge in [-0.05, 0) is 17.4 Å². The zero-order valence-electron chi connectivity index (χ0n) is 28.7. The summed E-state index contributed by atoms with van der Waals surface area (Å²) in [6.07, 6.45) is 2.21. The van der Waals surface area contributed by atoms with Crippen LogP contribution in [0.1, 0.15) is 92.5 Å². The number of fused-ring (bicyclic) bond motifs is 3. The number of hydrogen-bond donors (Lipinski definition) is 0. The third-order valence-corrected chi connectivity index (χ3v) is 9.53. The van der Waals surface area contributed by atoms with Crippen molar-refractivity contribution in [3.05, 3.63) is 154 Å². The molecule has 50 heavy (non-hydrogen) atoms. The topological polar surface area (TPSA) is 0 Å². The van der Waals surface area contributed by atoms with Crippen molar-refractivity contribution in [1.82, 2.24) is 0 Å². The number of allylic oxidation sites excluding steroid dienone is 4. The summed E-state index contributed by atoms with van der Waals surface area (Å²) in [5, 5.41) is 0. The van der Waals surface area contributed by atoms with Crippen molar-refractivity contribution in [3.8, 4) is 11.1 Å². The van der Waals surface area contributed by atoms with Crippen molar-refractivity contribution in [2.75, 3.05) is 0 Å². The predicted molar refractivity (Wildman–Crippen MR) is 193 cm³/mol. The SMILES string of the molecule is CC(C)(C)c1c[c-]c2c(c1)-c1cc(C(C)(C)C)ccc1C2.Cl.Cl.FC(F)(F)c1ccc([C](=[Zr+2])c2ccc(C(F)(F)F)cc2)cc1.[C-]1=CC=CC1. The molecule has 2 aliphatic carbocycles. The van der Waals surface area contributed by atoms with E-state index in [1.165, 1.54) is 57.6 Å². The summed E-state index contributed by atoms with van der Waals surface area (Å²) in [6.45, 7) is 13.6. The molecule has 0 nitrogen and oxygen atoms in total. The van der Waals surface area contributed by atoms with E-state index in [-0.39, 0.29) is 35.6 Å². The fourth-order valence-corrected chi connectivity index (χ4v) is 5.96. The van der Waals surface area contributed by atoms with Crippen molar-refractivity contribution in [2.45, 2.75) is 77.6 Å². The van der Waals surface area contributed by atoms with Crippen LogP contribution in [-0.2, 0) is 53.8 Å². The molecule has 0 aliphatic heterocycles. The Balaban J connectivity index is 0.000000293. The summed E-state index contributed by atoms with van der Waals surface area (Å²) < 4.78 is 75.6. The van der Waals surface area contributed by atoms with Gasteiger partial charge in [0.1, 0.15) is 0 Å². The Labute approximate surface area is 319 Å². The predicted octanol–water partition coefficient (Wildman–Crippen LogP) is 12.6. The number of halogens is 8. The monoisotopic (exact) mass is 806 g/mol. The van der Waals surface area contributed by atoms with Crippen LogP contribution in [0.2, 0.25) is 0 Å². The number of rotatable bonds is 2. The molecule has 0 N–H and O–H groups in total. The van der Waals surface area contributed by atoms with Gasteiger partial charge in [0, 0.05) is 0 Å². The summed E-state index contributed by atoms with van der Waals surface area (Å²) in [4.78, 5) is 0. The largest absolute Gasteiger partial charge is 0.273 e. The molecule has 264 valence electrons. The van der Waals surface area contributed by atoms with Crippen LogP contribution in [0, 0.1) is 12.1 Å². The minimum atomic E-state index is -4.41. The molecular weight excluding hydrogens is 769 g/mol. The van der Waals surface area contributed by atoms with Crippen molar-refractivity contribution in [3.63, 3.8) is 0 Å². The van der Waals surface area contributed by atoms with Crippen molar-refractivity contribution in [1.29, 1.82) is 0 Å². The van der Waals surface area contributed by atoms with Crippen LogP contribution < -0.4 is 0 Å².